The number of ether oxygens (including phenoxy) is 1. The van der Waals surface area contributed by atoms with E-state index in [0.29, 0.717) is 27.9 Å². The molecule has 0 unspecified atom stereocenters. The number of aromatic nitrogens is 3. The number of thiazole rings is 1. The summed E-state index contributed by atoms with van der Waals surface area (Å²) in [6.07, 6.45) is 0. The lowest BCUT2D eigenvalue weighted by atomic mass is 10.1. The van der Waals surface area contributed by atoms with Crippen LogP contribution in [0.25, 0.3) is 0 Å². The van der Waals surface area contributed by atoms with Crippen LogP contribution in [0.4, 0.5) is 5.13 Å². The normalized spacial score (nSPS) is 11.5. The topological polar surface area (TPSA) is 118 Å². The van der Waals surface area contributed by atoms with Gasteiger partial charge in [0.05, 0.1) is 12.8 Å². The molecule has 9 nitrogen and oxygen atoms in total. The van der Waals surface area contributed by atoms with Gasteiger partial charge in [-0.3, -0.25) is 0 Å². The van der Waals surface area contributed by atoms with Crippen molar-refractivity contribution in [1.82, 2.24) is 14.7 Å². The summed E-state index contributed by atoms with van der Waals surface area (Å²) in [5, 5.41) is 6.35. The zero-order valence-corrected chi connectivity index (χ0v) is 14.3. The average molecular weight is 361 g/mol. The van der Waals surface area contributed by atoms with Crippen LogP contribution in [-0.4, -0.2) is 27.5 Å². The van der Waals surface area contributed by atoms with Crippen LogP contribution in [0.3, 0.4) is 0 Å². The second kappa shape index (κ2) is 7.18. The number of anilines is 1. The number of hydrogen-bond acceptors (Lipinski definition) is 9. The van der Waals surface area contributed by atoms with Crippen molar-refractivity contribution in [3.63, 3.8) is 0 Å². The van der Waals surface area contributed by atoms with Gasteiger partial charge in [-0.05, 0) is 12.1 Å². The highest BCUT2D eigenvalue weighted by Gasteiger charge is 2.17. The third-order valence-electron chi connectivity index (χ3n) is 3.20. The second-order valence-electron chi connectivity index (χ2n) is 4.91. The molecule has 2 heterocycles. The number of benzene rings is 1. The molecule has 0 spiro atoms. The first-order chi connectivity index (χ1) is 12.1. The lowest BCUT2D eigenvalue weighted by molar-refractivity contribution is 0.128. The van der Waals surface area contributed by atoms with Crippen LogP contribution >= 0.6 is 11.3 Å². The van der Waals surface area contributed by atoms with Gasteiger partial charge in [-0.25, -0.2) is 9.78 Å². The van der Waals surface area contributed by atoms with Crippen LogP contribution in [0.15, 0.2) is 44.1 Å². The number of nitrogens with zero attached hydrogens (tertiary/aromatic N) is 4. The molecule has 130 valence electrons. The van der Waals surface area contributed by atoms with Gasteiger partial charge in [0.25, 0.3) is 0 Å². The Morgan fingerprint density at radius 1 is 1.44 bits per heavy atom. The smallest absolute Gasteiger partial charge is 0.460 e. The van der Waals surface area contributed by atoms with Gasteiger partial charge in [0.15, 0.2) is 23.3 Å². The van der Waals surface area contributed by atoms with Crippen molar-refractivity contribution in [2.24, 2.45) is 12.2 Å². The van der Waals surface area contributed by atoms with Gasteiger partial charge in [0, 0.05) is 18.0 Å². The molecule has 10 heteroatoms. The Labute approximate surface area is 146 Å². The Balaban J connectivity index is 1.94. The zero-order valence-electron chi connectivity index (χ0n) is 13.5. The summed E-state index contributed by atoms with van der Waals surface area (Å²) < 4.78 is 11.3. The molecule has 1 aromatic carbocycles. The van der Waals surface area contributed by atoms with Crippen LogP contribution in [-0.2, 0) is 18.5 Å². The summed E-state index contributed by atoms with van der Waals surface area (Å²) in [6.45, 7) is 0.132. The maximum Gasteiger partial charge on any atom is 0.460 e. The Hall–Kier alpha value is -3.14. The van der Waals surface area contributed by atoms with Crippen molar-refractivity contribution in [2.75, 3.05) is 12.8 Å². The predicted octanol–water partition coefficient (Wildman–Crippen LogP) is 1.39. The minimum atomic E-state index is -0.722. The first-order valence-corrected chi connectivity index (χ1v) is 8.04. The summed E-state index contributed by atoms with van der Waals surface area (Å²) in [4.78, 5) is 24.7. The molecule has 0 atom stereocenters. The van der Waals surface area contributed by atoms with Gasteiger partial charge in [-0.15, -0.1) is 11.3 Å². The summed E-state index contributed by atoms with van der Waals surface area (Å²) in [5.41, 5.74) is 7.23. The van der Waals surface area contributed by atoms with Crippen molar-refractivity contribution < 1.29 is 14.1 Å². The highest BCUT2D eigenvalue weighted by molar-refractivity contribution is 7.13. The summed E-state index contributed by atoms with van der Waals surface area (Å²) in [7, 11) is 3.12. The highest BCUT2D eigenvalue weighted by atomic mass is 32.1. The Morgan fingerprint density at radius 2 is 2.28 bits per heavy atom. The fraction of sp³-hybridized carbons (Fsp3) is 0.200. The molecule has 0 radical (unpaired) electrons. The van der Waals surface area contributed by atoms with E-state index < -0.39 is 5.76 Å². The predicted molar refractivity (Wildman–Crippen MR) is 91.7 cm³/mol. The van der Waals surface area contributed by atoms with Crippen molar-refractivity contribution in [1.29, 1.82) is 0 Å². The maximum absolute atomic E-state index is 11.4. The minimum Gasteiger partial charge on any atom is -0.497 e. The van der Waals surface area contributed by atoms with E-state index >= 15 is 0 Å². The van der Waals surface area contributed by atoms with Crippen LogP contribution < -0.4 is 16.2 Å². The average Bonchev–Trinajstić information content (AvgIpc) is 3.16. The molecule has 0 amide bonds. The monoisotopic (exact) mass is 361 g/mol. The van der Waals surface area contributed by atoms with Gasteiger partial charge in [0.1, 0.15) is 5.75 Å². The van der Waals surface area contributed by atoms with Gasteiger partial charge in [-0.1, -0.05) is 17.3 Å². The van der Waals surface area contributed by atoms with Gasteiger partial charge in [-0.2, -0.15) is 9.72 Å². The largest absolute Gasteiger partial charge is 0.497 e. The molecule has 3 rings (SSSR count). The van der Waals surface area contributed by atoms with E-state index in [0.717, 1.165) is 0 Å². The van der Waals surface area contributed by atoms with E-state index in [1.165, 1.54) is 16.1 Å². The first kappa shape index (κ1) is 16.7. The Bertz CT molecular complexity index is 959. The fourth-order valence-corrected chi connectivity index (χ4v) is 2.63. The van der Waals surface area contributed by atoms with Crippen LogP contribution in [0, 0.1) is 0 Å². The van der Waals surface area contributed by atoms with Gasteiger partial charge >= 0.3 is 5.76 Å². The number of nitrogens with two attached hydrogens (primary N) is 1. The number of nitrogen functional groups attached to an aromatic ring is 1. The summed E-state index contributed by atoms with van der Waals surface area (Å²) in [5.74, 6) is 0.141. The van der Waals surface area contributed by atoms with Crippen molar-refractivity contribution in [3.8, 4) is 5.75 Å². The third-order valence-corrected chi connectivity index (χ3v) is 3.93. The van der Waals surface area contributed by atoms with E-state index in [1.54, 1.807) is 43.8 Å². The molecule has 2 N–H and O–H groups in total. The Kier molecular flexibility index (Phi) is 4.80. The molecular formula is C15H15N5O4S. The minimum absolute atomic E-state index is 0.132. The first-order valence-electron chi connectivity index (χ1n) is 7.16. The molecular weight excluding hydrogens is 346 g/mol. The molecule has 0 saturated carbocycles. The number of rotatable bonds is 6. The number of oxime groups is 1. The van der Waals surface area contributed by atoms with Crippen molar-refractivity contribution in [3.05, 3.63) is 57.3 Å². The van der Waals surface area contributed by atoms with E-state index in [1.807, 2.05) is 0 Å². The molecule has 0 saturated heterocycles. The maximum atomic E-state index is 11.4. The van der Waals surface area contributed by atoms with Crippen molar-refractivity contribution in [2.45, 2.75) is 6.61 Å². The standard InChI is InChI=1S/C15H15N5O4S/c1-20-13(18-15(21)24-20)12(9-4-3-5-11(6-9)22-2)19-23-7-10-8-25-14(16)17-10/h3-6,8H,7H2,1-2H3,(H2,16,17)/b19-12-. The molecule has 0 bridgehead atoms. The lowest BCUT2D eigenvalue weighted by Crippen LogP contribution is -2.12. The SMILES string of the molecule is COc1cccc(/C(=N/OCc2csc(N)n2)c2nc(=O)on2C)c1. The highest BCUT2D eigenvalue weighted by Crippen LogP contribution is 2.17. The summed E-state index contributed by atoms with van der Waals surface area (Å²) in [6, 6.07) is 7.14. The summed E-state index contributed by atoms with van der Waals surface area (Å²) >= 11 is 1.32. The van der Waals surface area contributed by atoms with Gasteiger partial charge in [0.2, 0.25) is 0 Å². The fourth-order valence-electron chi connectivity index (χ4n) is 2.08. The molecule has 0 fully saturated rings. The zero-order chi connectivity index (χ0) is 17.8. The second-order valence-corrected chi connectivity index (χ2v) is 5.80. The third kappa shape index (κ3) is 3.86. The van der Waals surface area contributed by atoms with Crippen LogP contribution in [0.5, 0.6) is 5.75 Å². The number of hydrogen-bond donors (Lipinski definition) is 1. The van der Waals surface area contributed by atoms with E-state index in [4.69, 9.17) is 19.8 Å². The molecule has 2 aromatic heterocycles. The lowest BCUT2D eigenvalue weighted by Gasteiger charge is -2.07. The van der Waals surface area contributed by atoms with Gasteiger partial charge < -0.3 is 19.8 Å². The molecule has 25 heavy (non-hydrogen) atoms. The van der Waals surface area contributed by atoms with Crippen LogP contribution in [0.1, 0.15) is 17.1 Å². The van der Waals surface area contributed by atoms with Crippen LogP contribution in [0.2, 0.25) is 0 Å². The molecule has 0 aliphatic heterocycles. The number of methoxy groups -OCH3 is 1. The van der Waals surface area contributed by atoms with Crippen molar-refractivity contribution >= 4 is 22.2 Å². The van der Waals surface area contributed by atoms with E-state index in [-0.39, 0.29) is 12.4 Å². The molecule has 3 aromatic rings. The Morgan fingerprint density at radius 3 is 2.92 bits per heavy atom. The quantitative estimate of drug-likeness (QED) is 0.520. The van der Waals surface area contributed by atoms with E-state index in [9.17, 15) is 4.79 Å². The number of aryl methyl sites for hydroxylation is 1. The molecule has 0 aliphatic carbocycles. The van der Waals surface area contributed by atoms with E-state index in [2.05, 4.69) is 15.1 Å². The molecule has 0 aliphatic rings.